The van der Waals surface area contributed by atoms with Crippen LogP contribution in [0.4, 0.5) is 17.1 Å². The van der Waals surface area contributed by atoms with Gasteiger partial charge in [0.1, 0.15) is 5.75 Å². The highest BCUT2D eigenvalue weighted by atomic mass is 32.2. The minimum atomic E-state index is -3.57. The van der Waals surface area contributed by atoms with E-state index in [2.05, 4.69) is 29.4 Å². The molecule has 0 bridgehead atoms. The van der Waals surface area contributed by atoms with Crippen molar-refractivity contribution in [3.63, 3.8) is 0 Å². The first-order valence-corrected chi connectivity index (χ1v) is 14.2. The molecule has 0 spiro atoms. The van der Waals surface area contributed by atoms with Gasteiger partial charge in [0.05, 0.1) is 23.4 Å². The summed E-state index contributed by atoms with van der Waals surface area (Å²) in [7, 11) is -1.95. The van der Waals surface area contributed by atoms with Crippen molar-refractivity contribution in [2.24, 2.45) is 11.8 Å². The van der Waals surface area contributed by atoms with Crippen LogP contribution in [0.3, 0.4) is 0 Å². The second-order valence-corrected chi connectivity index (χ2v) is 12.1. The molecule has 2 aliphatic rings. The van der Waals surface area contributed by atoms with Gasteiger partial charge in [0.15, 0.2) is 5.11 Å². The third-order valence-electron chi connectivity index (χ3n) is 7.05. The van der Waals surface area contributed by atoms with Gasteiger partial charge in [-0.25, -0.2) is 8.42 Å². The van der Waals surface area contributed by atoms with E-state index in [1.165, 1.54) is 0 Å². The summed E-state index contributed by atoms with van der Waals surface area (Å²) in [5.74, 6) is 1.98. The average molecular weight is 517 g/mol. The lowest BCUT2D eigenvalue weighted by Crippen LogP contribution is -2.38. The zero-order chi connectivity index (χ0) is 25.0. The van der Waals surface area contributed by atoms with Crippen LogP contribution < -0.4 is 20.3 Å². The molecule has 7 nitrogen and oxygen atoms in total. The van der Waals surface area contributed by atoms with E-state index in [1.807, 2.05) is 30.3 Å². The zero-order valence-electron chi connectivity index (χ0n) is 20.8. The minimum absolute atomic E-state index is 0.299. The summed E-state index contributed by atoms with van der Waals surface area (Å²) in [5, 5.41) is 6.87. The van der Waals surface area contributed by atoms with Crippen LogP contribution in [0.15, 0.2) is 47.4 Å². The van der Waals surface area contributed by atoms with E-state index in [9.17, 15) is 8.42 Å². The van der Waals surface area contributed by atoms with Crippen LogP contribution in [0.2, 0.25) is 0 Å². The smallest absolute Gasteiger partial charge is 0.243 e. The van der Waals surface area contributed by atoms with Crippen LogP contribution in [0.5, 0.6) is 5.75 Å². The molecule has 0 radical (unpaired) electrons. The number of hydrogen-bond donors (Lipinski definition) is 2. The molecule has 2 saturated heterocycles. The summed E-state index contributed by atoms with van der Waals surface area (Å²) in [6, 6.07) is 12.9. The fourth-order valence-corrected chi connectivity index (χ4v) is 6.39. The molecule has 35 heavy (non-hydrogen) atoms. The van der Waals surface area contributed by atoms with Crippen molar-refractivity contribution in [2.45, 2.75) is 44.4 Å². The third-order valence-corrected chi connectivity index (χ3v) is 9.15. The zero-order valence-corrected chi connectivity index (χ0v) is 22.4. The van der Waals surface area contributed by atoms with Gasteiger partial charge in [-0.1, -0.05) is 19.9 Å². The number of sulfonamides is 1. The Morgan fingerprint density at radius 2 is 1.60 bits per heavy atom. The lowest BCUT2D eigenvalue weighted by Gasteiger charge is -2.34. The van der Waals surface area contributed by atoms with E-state index in [0.29, 0.717) is 40.6 Å². The van der Waals surface area contributed by atoms with Crippen LogP contribution >= 0.6 is 12.2 Å². The Balaban J connectivity index is 1.60. The molecule has 2 aromatic carbocycles. The van der Waals surface area contributed by atoms with E-state index in [1.54, 1.807) is 23.5 Å². The topological polar surface area (TPSA) is 73.9 Å². The van der Waals surface area contributed by atoms with Gasteiger partial charge in [0.25, 0.3) is 0 Å². The number of nitrogens with one attached hydrogen (secondary N) is 2. The van der Waals surface area contributed by atoms with E-state index < -0.39 is 10.0 Å². The average Bonchev–Trinajstić information content (AvgIpc) is 2.85. The largest absolute Gasteiger partial charge is 0.497 e. The number of piperidine rings is 2. The van der Waals surface area contributed by atoms with Gasteiger partial charge in [-0.2, -0.15) is 4.31 Å². The number of methoxy groups -OCH3 is 1. The summed E-state index contributed by atoms with van der Waals surface area (Å²) in [5.41, 5.74) is 2.46. The molecule has 2 fully saturated rings. The van der Waals surface area contributed by atoms with E-state index in [-0.39, 0.29) is 0 Å². The molecular weight excluding hydrogens is 480 g/mol. The molecular formula is C26H36N4O3S2. The number of ether oxygens (including phenoxy) is 1. The van der Waals surface area contributed by atoms with Crippen LogP contribution in [0, 0.1) is 11.8 Å². The monoisotopic (exact) mass is 516 g/mol. The molecule has 0 amide bonds. The lowest BCUT2D eigenvalue weighted by atomic mass is 9.98. The molecule has 2 heterocycles. The molecule has 9 heteroatoms. The van der Waals surface area contributed by atoms with Crippen molar-refractivity contribution >= 4 is 44.4 Å². The fraction of sp³-hybridized carbons (Fsp3) is 0.500. The Labute approximate surface area is 214 Å². The van der Waals surface area contributed by atoms with Crippen LogP contribution in [0.25, 0.3) is 0 Å². The second-order valence-electron chi connectivity index (χ2n) is 9.75. The summed E-state index contributed by atoms with van der Waals surface area (Å²) in [6.45, 7) is 7.45. The predicted octanol–water partition coefficient (Wildman–Crippen LogP) is 5.16. The van der Waals surface area contributed by atoms with Crippen molar-refractivity contribution in [3.05, 3.63) is 42.5 Å². The standard InChI is InChI=1S/C26H36N4O3S2/c1-19-9-13-29(14-10-19)25-8-7-23(35(31,32)30-15-11-20(2)12-16-30)18-24(25)28-26(34)27-21-5-4-6-22(17-21)33-3/h4-8,17-20H,9-16H2,1-3H3,(H2,27,28,34). The first kappa shape index (κ1) is 25.7. The number of hydrogen-bond acceptors (Lipinski definition) is 5. The molecule has 0 atom stereocenters. The number of thiocarbonyl (C=S) groups is 1. The maximum atomic E-state index is 13.4. The Morgan fingerprint density at radius 3 is 2.26 bits per heavy atom. The van der Waals surface area contributed by atoms with Crippen molar-refractivity contribution in [1.82, 2.24) is 4.31 Å². The van der Waals surface area contributed by atoms with E-state index in [4.69, 9.17) is 17.0 Å². The molecule has 190 valence electrons. The molecule has 0 aliphatic carbocycles. The first-order valence-electron chi connectivity index (χ1n) is 12.4. The maximum absolute atomic E-state index is 13.4. The molecule has 4 rings (SSSR count). The fourth-order valence-electron chi connectivity index (χ4n) is 4.66. The molecule has 2 aromatic rings. The highest BCUT2D eigenvalue weighted by Crippen LogP contribution is 2.34. The Kier molecular flexibility index (Phi) is 8.19. The summed E-state index contributed by atoms with van der Waals surface area (Å²) in [6.07, 6.45) is 4.00. The van der Waals surface area contributed by atoms with Crippen molar-refractivity contribution in [1.29, 1.82) is 0 Å². The molecule has 2 aliphatic heterocycles. The predicted molar refractivity (Wildman–Crippen MR) is 147 cm³/mol. The molecule has 2 N–H and O–H groups in total. The van der Waals surface area contributed by atoms with Crippen LogP contribution in [-0.2, 0) is 10.0 Å². The maximum Gasteiger partial charge on any atom is 0.243 e. The van der Waals surface area contributed by atoms with Gasteiger partial charge in [-0.05, 0) is 80.1 Å². The number of anilines is 3. The molecule has 0 saturated carbocycles. The highest BCUT2D eigenvalue weighted by Gasteiger charge is 2.29. The molecule has 0 aromatic heterocycles. The second kappa shape index (κ2) is 11.1. The van der Waals surface area contributed by atoms with Gasteiger partial charge < -0.3 is 20.3 Å². The van der Waals surface area contributed by atoms with Gasteiger partial charge in [0, 0.05) is 37.9 Å². The van der Waals surface area contributed by atoms with Crippen molar-refractivity contribution < 1.29 is 13.2 Å². The first-order chi connectivity index (χ1) is 16.8. The normalized spacial score (nSPS) is 18.3. The summed E-state index contributed by atoms with van der Waals surface area (Å²) in [4.78, 5) is 2.61. The Morgan fingerprint density at radius 1 is 0.943 bits per heavy atom. The lowest BCUT2D eigenvalue weighted by molar-refractivity contribution is 0.288. The Hall–Kier alpha value is -2.36. The summed E-state index contributed by atoms with van der Waals surface area (Å²) < 4.78 is 33.8. The Bertz CT molecular complexity index is 1140. The van der Waals surface area contributed by atoms with Gasteiger partial charge in [0.2, 0.25) is 10.0 Å². The van der Waals surface area contributed by atoms with Gasteiger partial charge in [-0.15, -0.1) is 0 Å². The van der Waals surface area contributed by atoms with Gasteiger partial charge in [-0.3, -0.25) is 0 Å². The van der Waals surface area contributed by atoms with Crippen LogP contribution in [0.1, 0.15) is 39.5 Å². The van der Waals surface area contributed by atoms with E-state index in [0.717, 1.165) is 55.9 Å². The number of nitrogens with zero attached hydrogens (tertiary/aromatic N) is 2. The SMILES string of the molecule is COc1cccc(NC(=S)Nc2cc(S(=O)(=O)N3CCC(C)CC3)ccc2N2CCC(C)CC2)c1. The summed E-state index contributed by atoms with van der Waals surface area (Å²) >= 11 is 5.61. The van der Waals surface area contributed by atoms with Crippen molar-refractivity contribution in [2.75, 3.05) is 48.8 Å². The minimum Gasteiger partial charge on any atom is -0.497 e. The number of benzene rings is 2. The number of rotatable bonds is 6. The van der Waals surface area contributed by atoms with Crippen LogP contribution in [-0.4, -0.2) is 51.1 Å². The van der Waals surface area contributed by atoms with Gasteiger partial charge >= 0.3 is 0 Å². The van der Waals surface area contributed by atoms with Crippen molar-refractivity contribution in [3.8, 4) is 5.75 Å². The highest BCUT2D eigenvalue weighted by molar-refractivity contribution is 7.89. The quantitative estimate of drug-likeness (QED) is 0.514. The third kappa shape index (κ3) is 6.26. The van der Waals surface area contributed by atoms with E-state index >= 15 is 0 Å². The molecule has 0 unspecified atom stereocenters.